The second-order valence-electron chi connectivity index (χ2n) is 6.29. The van der Waals surface area contributed by atoms with Gasteiger partial charge in [0.25, 0.3) is 5.91 Å². The van der Waals surface area contributed by atoms with Crippen molar-refractivity contribution in [1.82, 2.24) is 4.90 Å². The van der Waals surface area contributed by atoms with Crippen LogP contribution in [0.25, 0.3) is 0 Å². The third kappa shape index (κ3) is 2.88. The van der Waals surface area contributed by atoms with Crippen molar-refractivity contribution < 1.29 is 19.0 Å². The van der Waals surface area contributed by atoms with Gasteiger partial charge in [0, 0.05) is 12.5 Å². The van der Waals surface area contributed by atoms with E-state index in [-0.39, 0.29) is 23.4 Å². The number of nitrogens with zero attached hydrogens (tertiary/aromatic N) is 1. The van der Waals surface area contributed by atoms with E-state index in [2.05, 4.69) is 0 Å². The van der Waals surface area contributed by atoms with E-state index in [1.165, 1.54) is 6.07 Å². The highest BCUT2D eigenvalue weighted by Crippen LogP contribution is 2.33. The van der Waals surface area contributed by atoms with Gasteiger partial charge in [-0.05, 0) is 31.9 Å². The molecule has 2 fully saturated rings. The van der Waals surface area contributed by atoms with Gasteiger partial charge in [0.1, 0.15) is 5.82 Å². The van der Waals surface area contributed by atoms with Crippen LogP contribution in [0.15, 0.2) is 18.2 Å². The van der Waals surface area contributed by atoms with Crippen molar-refractivity contribution in [3.8, 4) is 0 Å². The molecule has 1 saturated heterocycles. The van der Waals surface area contributed by atoms with Crippen molar-refractivity contribution in [2.24, 2.45) is 5.92 Å². The van der Waals surface area contributed by atoms with Crippen LogP contribution in [0, 0.1) is 18.7 Å². The van der Waals surface area contributed by atoms with Crippen LogP contribution in [0.3, 0.4) is 0 Å². The number of morpholine rings is 1. The quantitative estimate of drug-likeness (QED) is 0.910. The summed E-state index contributed by atoms with van der Waals surface area (Å²) in [6.07, 6.45) is 2.21. The first-order valence-electron chi connectivity index (χ1n) is 7.91. The Kier molecular flexibility index (Phi) is 4.45. The molecule has 0 aromatic heterocycles. The summed E-state index contributed by atoms with van der Waals surface area (Å²) < 4.78 is 19.5. The molecule has 0 bridgehead atoms. The molecule has 1 aromatic rings. The lowest BCUT2D eigenvalue weighted by Crippen LogP contribution is -2.53. The third-order valence-corrected chi connectivity index (χ3v) is 4.80. The summed E-state index contributed by atoms with van der Waals surface area (Å²) in [5, 5.41) is 10.1. The predicted octanol–water partition coefficient (Wildman–Crippen LogP) is 2.14. The van der Waals surface area contributed by atoms with E-state index in [0.717, 1.165) is 24.8 Å². The number of carbonyl (C=O) groups excluding carboxylic acids is 1. The maximum Gasteiger partial charge on any atom is 0.257 e. The Hall–Kier alpha value is -1.46. The number of rotatable bonds is 2. The van der Waals surface area contributed by atoms with Crippen LogP contribution in [-0.2, 0) is 4.74 Å². The zero-order chi connectivity index (χ0) is 15.7. The van der Waals surface area contributed by atoms with Crippen molar-refractivity contribution in [2.75, 3.05) is 19.8 Å². The number of carbonyl (C=O) groups is 1. The molecule has 120 valence electrons. The summed E-state index contributed by atoms with van der Waals surface area (Å²) in [7, 11) is 0. The lowest BCUT2D eigenvalue weighted by atomic mass is 9.93. The summed E-state index contributed by atoms with van der Waals surface area (Å²) in [5.41, 5.74) is 0.967. The number of amides is 1. The lowest BCUT2D eigenvalue weighted by molar-refractivity contribution is -0.0385. The monoisotopic (exact) mass is 307 g/mol. The molecule has 1 N–H and O–H groups in total. The predicted molar refractivity (Wildman–Crippen MR) is 80.1 cm³/mol. The van der Waals surface area contributed by atoms with Gasteiger partial charge in [-0.25, -0.2) is 4.39 Å². The van der Waals surface area contributed by atoms with E-state index in [0.29, 0.717) is 19.8 Å². The van der Waals surface area contributed by atoms with E-state index in [4.69, 9.17) is 4.74 Å². The number of aryl methyl sites for hydroxylation is 1. The number of hydrogen-bond acceptors (Lipinski definition) is 3. The van der Waals surface area contributed by atoms with Crippen LogP contribution in [-0.4, -0.2) is 47.8 Å². The third-order valence-electron chi connectivity index (χ3n) is 4.80. The van der Waals surface area contributed by atoms with Gasteiger partial charge in [0.15, 0.2) is 0 Å². The Bertz CT molecular complexity index is 563. The van der Waals surface area contributed by atoms with Crippen molar-refractivity contribution in [3.05, 3.63) is 35.1 Å². The molecule has 1 saturated carbocycles. The van der Waals surface area contributed by atoms with Crippen LogP contribution in [0.4, 0.5) is 4.39 Å². The number of benzene rings is 1. The van der Waals surface area contributed by atoms with Gasteiger partial charge in [-0.2, -0.15) is 0 Å². The smallest absolute Gasteiger partial charge is 0.257 e. The number of hydrogen-bond donors (Lipinski definition) is 1. The van der Waals surface area contributed by atoms with E-state index in [1.54, 1.807) is 17.0 Å². The Balaban J connectivity index is 1.86. The molecule has 1 aliphatic carbocycles. The highest BCUT2D eigenvalue weighted by molar-refractivity contribution is 5.95. The standard InChI is InChI=1S/C17H22FNO3/c1-11-5-6-14(18)13(9-11)17(21)19-7-8-22-10-15(19)12-3-2-4-16(12)20/h5-6,9,12,15-16,20H,2-4,7-8,10H2,1H3/t12-,15+,16-/m0/s1. The Morgan fingerprint density at radius 2 is 2.23 bits per heavy atom. The molecule has 5 heteroatoms. The summed E-state index contributed by atoms with van der Waals surface area (Å²) in [6.45, 7) is 3.16. The van der Waals surface area contributed by atoms with E-state index in [9.17, 15) is 14.3 Å². The Labute approximate surface area is 129 Å². The molecule has 1 heterocycles. The van der Waals surface area contributed by atoms with Gasteiger partial charge < -0.3 is 14.7 Å². The van der Waals surface area contributed by atoms with Crippen LogP contribution in [0.2, 0.25) is 0 Å². The molecular formula is C17H22FNO3. The number of halogens is 1. The lowest BCUT2D eigenvalue weighted by Gasteiger charge is -2.40. The average Bonchev–Trinajstić information content (AvgIpc) is 2.95. The first-order valence-corrected chi connectivity index (χ1v) is 7.91. The van der Waals surface area contributed by atoms with Crippen LogP contribution >= 0.6 is 0 Å². The second-order valence-corrected chi connectivity index (χ2v) is 6.29. The van der Waals surface area contributed by atoms with Crippen LogP contribution in [0.5, 0.6) is 0 Å². The highest BCUT2D eigenvalue weighted by Gasteiger charge is 2.40. The van der Waals surface area contributed by atoms with Crippen molar-refractivity contribution in [1.29, 1.82) is 0 Å². The molecule has 0 spiro atoms. The van der Waals surface area contributed by atoms with Crippen LogP contribution < -0.4 is 0 Å². The zero-order valence-electron chi connectivity index (χ0n) is 12.8. The van der Waals surface area contributed by atoms with Gasteiger partial charge in [0.2, 0.25) is 0 Å². The average molecular weight is 307 g/mol. The normalized spacial score (nSPS) is 28.9. The Morgan fingerprint density at radius 3 is 2.95 bits per heavy atom. The fourth-order valence-electron chi connectivity index (χ4n) is 3.61. The second kappa shape index (κ2) is 6.34. The largest absolute Gasteiger partial charge is 0.393 e. The van der Waals surface area contributed by atoms with Crippen LogP contribution in [0.1, 0.15) is 35.2 Å². The molecule has 3 rings (SSSR count). The molecule has 2 aliphatic rings. The molecule has 1 amide bonds. The molecule has 4 nitrogen and oxygen atoms in total. The number of ether oxygens (including phenoxy) is 1. The van der Waals surface area contributed by atoms with Gasteiger partial charge in [0.05, 0.1) is 30.9 Å². The highest BCUT2D eigenvalue weighted by atomic mass is 19.1. The minimum absolute atomic E-state index is 0.0251. The maximum atomic E-state index is 14.0. The molecule has 0 unspecified atom stereocenters. The molecule has 22 heavy (non-hydrogen) atoms. The Morgan fingerprint density at radius 1 is 1.41 bits per heavy atom. The fraction of sp³-hybridized carbons (Fsp3) is 0.588. The van der Waals surface area contributed by atoms with Gasteiger partial charge in [-0.3, -0.25) is 4.79 Å². The molecular weight excluding hydrogens is 285 g/mol. The SMILES string of the molecule is Cc1ccc(F)c(C(=O)N2CCOC[C@@H]2[C@@H]2CCC[C@@H]2O)c1. The summed E-state index contributed by atoms with van der Waals surface area (Å²) in [6, 6.07) is 4.42. The minimum atomic E-state index is -0.493. The number of aliphatic hydroxyl groups excluding tert-OH is 1. The van der Waals surface area contributed by atoms with E-state index < -0.39 is 11.9 Å². The fourth-order valence-corrected chi connectivity index (χ4v) is 3.61. The van der Waals surface area contributed by atoms with E-state index >= 15 is 0 Å². The van der Waals surface area contributed by atoms with Gasteiger partial charge in [-0.1, -0.05) is 18.1 Å². The maximum absolute atomic E-state index is 14.0. The van der Waals surface area contributed by atoms with Crippen molar-refractivity contribution >= 4 is 5.91 Å². The molecule has 1 aliphatic heterocycles. The minimum Gasteiger partial charge on any atom is -0.393 e. The first kappa shape index (κ1) is 15.4. The van der Waals surface area contributed by atoms with Crippen molar-refractivity contribution in [2.45, 2.75) is 38.3 Å². The summed E-state index contributed by atoms with van der Waals surface area (Å²) in [4.78, 5) is 14.5. The topological polar surface area (TPSA) is 49.8 Å². The van der Waals surface area contributed by atoms with Gasteiger partial charge >= 0.3 is 0 Å². The molecule has 1 aromatic carbocycles. The van der Waals surface area contributed by atoms with Crippen molar-refractivity contribution in [3.63, 3.8) is 0 Å². The first-order chi connectivity index (χ1) is 10.6. The molecule has 3 atom stereocenters. The van der Waals surface area contributed by atoms with E-state index in [1.807, 2.05) is 6.92 Å². The number of aliphatic hydroxyl groups is 1. The zero-order valence-corrected chi connectivity index (χ0v) is 12.8. The summed E-state index contributed by atoms with van der Waals surface area (Å²) in [5.74, 6) is -0.765. The van der Waals surface area contributed by atoms with Gasteiger partial charge in [-0.15, -0.1) is 0 Å². The summed E-state index contributed by atoms with van der Waals surface area (Å²) >= 11 is 0. The molecule has 0 radical (unpaired) electrons.